The first kappa shape index (κ1) is 8.77. The second kappa shape index (κ2) is 3.90. The predicted molar refractivity (Wildman–Crippen MR) is 45.0 cm³/mol. The highest BCUT2D eigenvalue weighted by atomic mass is 79.9. The molecule has 1 heterocycles. The second-order valence-electron chi connectivity index (χ2n) is 2.27. The minimum absolute atomic E-state index is 0.0960. The average molecular weight is 220 g/mol. The van der Waals surface area contributed by atoms with Crippen LogP contribution < -0.4 is 5.73 Å². The van der Waals surface area contributed by atoms with Crippen LogP contribution in [0.15, 0.2) is 21.4 Å². The van der Waals surface area contributed by atoms with E-state index >= 15 is 0 Å². The molecule has 0 aliphatic rings. The zero-order valence-electron chi connectivity index (χ0n) is 5.96. The molecule has 0 saturated carbocycles. The lowest BCUT2D eigenvalue weighted by molar-refractivity contribution is 0.276. The summed E-state index contributed by atoms with van der Waals surface area (Å²) in [5, 5.41) is 8.60. The molecule has 1 aromatic heterocycles. The van der Waals surface area contributed by atoms with Crippen LogP contribution in [0, 0.1) is 0 Å². The third-order valence-corrected chi connectivity index (χ3v) is 2.13. The van der Waals surface area contributed by atoms with Crippen LogP contribution in [0.1, 0.15) is 18.0 Å². The maximum Gasteiger partial charge on any atom is 0.173 e. The van der Waals surface area contributed by atoms with Crippen molar-refractivity contribution in [2.45, 2.75) is 12.5 Å². The molecular formula is C7H10BrNO2. The normalized spacial score (nSPS) is 13.4. The van der Waals surface area contributed by atoms with Crippen LogP contribution in [-0.4, -0.2) is 11.7 Å². The summed E-state index contributed by atoms with van der Waals surface area (Å²) in [6.45, 7) is 0.0960. The Hall–Kier alpha value is -0.320. The molecule has 0 spiro atoms. The van der Waals surface area contributed by atoms with E-state index < -0.39 is 0 Å². The Kier molecular flexibility index (Phi) is 3.11. The summed E-state index contributed by atoms with van der Waals surface area (Å²) in [5.74, 6) is 0. The highest BCUT2D eigenvalue weighted by molar-refractivity contribution is 9.10. The molecule has 0 aliphatic carbocycles. The molecule has 11 heavy (non-hydrogen) atoms. The zero-order valence-corrected chi connectivity index (χ0v) is 7.54. The number of aliphatic hydroxyl groups excluding tert-OH is 1. The molecule has 4 heteroatoms. The van der Waals surface area contributed by atoms with Crippen molar-refractivity contribution < 1.29 is 9.52 Å². The van der Waals surface area contributed by atoms with Crippen LogP contribution in [0.5, 0.6) is 0 Å². The molecule has 0 fully saturated rings. The van der Waals surface area contributed by atoms with Gasteiger partial charge in [0.25, 0.3) is 0 Å². The summed E-state index contributed by atoms with van der Waals surface area (Å²) in [4.78, 5) is 0. The van der Waals surface area contributed by atoms with E-state index in [1.165, 1.54) is 0 Å². The maximum absolute atomic E-state index is 8.60. The van der Waals surface area contributed by atoms with Crippen molar-refractivity contribution >= 4 is 15.9 Å². The summed E-state index contributed by atoms with van der Waals surface area (Å²) in [6.07, 6.45) is 2.12. The molecule has 0 aromatic carbocycles. The highest BCUT2D eigenvalue weighted by Gasteiger charge is 2.10. The van der Waals surface area contributed by atoms with Crippen molar-refractivity contribution in [3.05, 3.63) is 22.6 Å². The lowest BCUT2D eigenvalue weighted by Gasteiger charge is -2.06. The maximum atomic E-state index is 8.60. The summed E-state index contributed by atoms with van der Waals surface area (Å²) in [5.41, 5.74) is 6.60. The van der Waals surface area contributed by atoms with Gasteiger partial charge in [-0.1, -0.05) is 0 Å². The molecule has 0 aliphatic heterocycles. The van der Waals surface area contributed by atoms with Gasteiger partial charge in [0.1, 0.15) is 0 Å². The Morgan fingerprint density at radius 1 is 1.73 bits per heavy atom. The SMILES string of the molecule is N[C@@H](CCO)c1ccoc1Br. The lowest BCUT2D eigenvalue weighted by atomic mass is 10.1. The fourth-order valence-electron chi connectivity index (χ4n) is 0.865. The van der Waals surface area contributed by atoms with Crippen LogP contribution in [0.3, 0.4) is 0 Å². The standard InChI is InChI=1S/C7H10BrNO2/c8-7-5(2-4-11-7)6(9)1-3-10/h2,4,6,10H,1,3,9H2/t6-/m0/s1. The first-order valence-electron chi connectivity index (χ1n) is 3.35. The smallest absolute Gasteiger partial charge is 0.173 e. The molecule has 0 bridgehead atoms. The molecule has 1 rings (SSSR count). The van der Waals surface area contributed by atoms with Crippen LogP contribution >= 0.6 is 15.9 Å². The molecule has 1 aromatic rings. The number of hydrogen-bond acceptors (Lipinski definition) is 3. The fourth-order valence-corrected chi connectivity index (χ4v) is 1.40. The predicted octanol–water partition coefficient (Wildman–Crippen LogP) is 1.42. The summed E-state index contributed by atoms with van der Waals surface area (Å²) >= 11 is 3.21. The van der Waals surface area contributed by atoms with Gasteiger partial charge in [0, 0.05) is 18.2 Å². The van der Waals surface area contributed by atoms with Crippen molar-refractivity contribution in [3.8, 4) is 0 Å². The number of halogens is 1. The fraction of sp³-hybridized carbons (Fsp3) is 0.429. The van der Waals surface area contributed by atoms with Gasteiger partial charge < -0.3 is 15.3 Å². The number of nitrogens with two attached hydrogens (primary N) is 1. The van der Waals surface area contributed by atoms with Crippen LogP contribution in [-0.2, 0) is 0 Å². The summed E-state index contributed by atoms with van der Waals surface area (Å²) in [7, 11) is 0. The van der Waals surface area contributed by atoms with Gasteiger partial charge in [0.15, 0.2) is 4.67 Å². The number of furan rings is 1. The molecule has 3 nitrogen and oxygen atoms in total. The molecule has 0 saturated heterocycles. The zero-order chi connectivity index (χ0) is 8.27. The van der Waals surface area contributed by atoms with Crippen LogP contribution in [0.4, 0.5) is 0 Å². The van der Waals surface area contributed by atoms with E-state index in [4.69, 9.17) is 15.3 Å². The van der Waals surface area contributed by atoms with Crippen molar-refractivity contribution in [1.29, 1.82) is 0 Å². The van der Waals surface area contributed by atoms with Gasteiger partial charge in [-0.2, -0.15) is 0 Å². The minimum atomic E-state index is -0.145. The second-order valence-corrected chi connectivity index (χ2v) is 2.99. The first-order chi connectivity index (χ1) is 5.25. The van der Waals surface area contributed by atoms with E-state index in [1.807, 2.05) is 0 Å². The Bertz CT molecular complexity index is 224. The summed E-state index contributed by atoms with van der Waals surface area (Å²) in [6, 6.07) is 1.65. The van der Waals surface area contributed by atoms with Crippen LogP contribution in [0.25, 0.3) is 0 Å². The Balaban J connectivity index is 2.67. The van der Waals surface area contributed by atoms with E-state index in [9.17, 15) is 0 Å². The Labute approximate surface area is 73.3 Å². The van der Waals surface area contributed by atoms with E-state index in [1.54, 1.807) is 12.3 Å². The van der Waals surface area contributed by atoms with E-state index in [0.29, 0.717) is 11.1 Å². The van der Waals surface area contributed by atoms with E-state index in [2.05, 4.69) is 15.9 Å². The van der Waals surface area contributed by atoms with E-state index in [0.717, 1.165) is 5.56 Å². The van der Waals surface area contributed by atoms with Gasteiger partial charge >= 0.3 is 0 Å². The first-order valence-corrected chi connectivity index (χ1v) is 4.14. The molecule has 1 atom stereocenters. The number of rotatable bonds is 3. The van der Waals surface area contributed by atoms with E-state index in [-0.39, 0.29) is 12.6 Å². The molecule has 0 unspecified atom stereocenters. The van der Waals surface area contributed by atoms with Gasteiger partial charge in [-0.15, -0.1) is 0 Å². The lowest BCUT2D eigenvalue weighted by Crippen LogP contribution is -2.11. The summed E-state index contributed by atoms with van der Waals surface area (Å²) < 4.78 is 5.64. The molecule has 3 N–H and O–H groups in total. The van der Waals surface area contributed by atoms with Gasteiger partial charge in [-0.25, -0.2) is 0 Å². The largest absolute Gasteiger partial charge is 0.457 e. The van der Waals surface area contributed by atoms with Crippen molar-refractivity contribution in [3.63, 3.8) is 0 Å². The molecular weight excluding hydrogens is 210 g/mol. The van der Waals surface area contributed by atoms with Crippen molar-refractivity contribution in [1.82, 2.24) is 0 Å². The monoisotopic (exact) mass is 219 g/mol. The molecule has 0 radical (unpaired) electrons. The number of hydrogen-bond donors (Lipinski definition) is 2. The molecule has 62 valence electrons. The van der Waals surface area contributed by atoms with Crippen molar-refractivity contribution in [2.75, 3.05) is 6.61 Å². The average Bonchev–Trinajstić information content (AvgIpc) is 2.36. The van der Waals surface area contributed by atoms with Gasteiger partial charge in [-0.05, 0) is 28.4 Å². The van der Waals surface area contributed by atoms with Gasteiger partial charge in [-0.3, -0.25) is 0 Å². The minimum Gasteiger partial charge on any atom is -0.457 e. The highest BCUT2D eigenvalue weighted by Crippen LogP contribution is 2.24. The van der Waals surface area contributed by atoms with Crippen LogP contribution in [0.2, 0.25) is 0 Å². The number of aliphatic hydroxyl groups is 1. The molecule has 0 amide bonds. The van der Waals surface area contributed by atoms with Gasteiger partial charge in [0.05, 0.1) is 6.26 Å². The third-order valence-electron chi connectivity index (χ3n) is 1.49. The van der Waals surface area contributed by atoms with Crippen molar-refractivity contribution in [2.24, 2.45) is 5.73 Å². The Morgan fingerprint density at radius 3 is 2.91 bits per heavy atom. The topological polar surface area (TPSA) is 59.4 Å². The third kappa shape index (κ3) is 2.05. The van der Waals surface area contributed by atoms with Gasteiger partial charge in [0.2, 0.25) is 0 Å². The quantitative estimate of drug-likeness (QED) is 0.809. The Morgan fingerprint density at radius 2 is 2.45 bits per heavy atom.